The predicted octanol–water partition coefficient (Wildman–Crippen LogP) is 2.22. The van der Waals surface area contributed by atoms with Gasteiger partial charge in [0.05, 0.1) is 17.6 Å². The predicted molar refractivity (Wildman–Crippen MR) is 84.2 cm³/mol. The Balaban J connectivity index is 1.57. The summed E-state index contributed by atoms with van der Waals surface area (Å²) in [6.45, 7) is 0. The number of furan rings is 1. The van der Waals surface area contributed by atoms with Crippen LogP contribution in [0.2, 0.25) is 0 Å². The van der Waals surface area contributed by atoms with Crippen molar-refractivity contribution in [2.45, 2.75) is 5.22 Å². The topological polar surface area (TPSA) is 124 Å². The number of nitrogens with two attached hydrogens (primary N) is 1. The molecule has 0 atom stereocenters. The Labute approximate surface area is 138 Å². The number of thiophene rings is 1. The number of nitrogens with one attached hydrogen (secondary N) is 1. The summed E-state index contributed by atoms with van der Waals surface area (Å²) in [5, 5.41) is 12.6. The van der Waals surface area contributed by atoms with Gasteiger partial charge in [0.2, 0.25) is 5.91 Å². The summed E-state index contributed by atoms with van der Waals surface area (Å²) in [7, 11) is 0. The summed E-state index contributed by atoms with van der Waals surface area (Å²) >= 11 is 2.30. The number of nitrogens with zero attached hydrogens (tertiary/aromatic N) is 2. The molecule has 3 rings (SSSR count). The SMILES string of the molecule is NC(=O)c1ccsc1NC(=O)CSc1nnc(-c2ccco2)o1. The molecule has 0 aromatic carbocycles. The number of hydrogen-bond donors (Lipinski definition) is 2. The number of thioether (sulfide) groups is 1. The first-order valence-corrected chi connectivity index (χ1v) is 8.17. The first-order valence-electron chi connectivity index (χ1n) is 6.31. The summed E-state index contributed by atoms with van der Waals surface area (Å²) in [6.07, 6.45) is 1.50. The molecule has 23 heavy (non-hydrogen) atoms. The van der Waals surface area contributed by atoms with Crippen LogP contribution in [0.5, 0.6) is 0 Å². The molecular formula is C13H10N4O4S2. The Morgan fingerprint density at radius 1 is 1.35 bits per heavy atom. The van der Waals surface area contributed by atoms with Gasteiger partial charge in [-0.25, -0.2) is 0 Å². The smallest absolute Gasteiger partial charge is 0.284 e. The van der Waals surface area contributed by atoms with E-state index < -0.39 is 5.91 Å². The fourth-order valence-corrected chi connectivity index (χ4v) is 3.03. The zero-order valence-corrected chi connectivity index (χ0v) is 13.1. The van der Waals surface area contributed by atoms with E-state index in [9.17, 15) is 9.59 Å². The molecule has 8 nitrogen and oxygen atoms in total. The lowest BCUT2D eigenvalue weighted by atomic mass is 10.3. The maximum atomic E-state index is 11.9. The minimum atomic E-state index is -0.589. The van der Waals surface area contributed by atoms with Gasteiger partial charge in [0.25, 0.3) is 17.0 Å². The van der Waals surface area contributed by atoms with E-state index in [1.165, 1.54) is 17.6 Å². The highest BCUT2D eigenvalue weighted by Crippen LogP contribution is 2.25. The molecule has 0 aliphatic carbocycles. The fraction of sp³-hybridized carbons (Fsp3) is 0.0769. The molecule has 0 saturated heterocycles. The van der Waals surface area contributed by atoms with Gasteiger partial charge in [0, 0.05) is 0 Å². The van der Waals surface area contributed by atoms with Gasteiger partial charge >= 0.3 is 0 Å². The van der Waals surface area contributed by atoms with E-state index in [0.29, 0.717) is 10.8 Å². The largest absolute Gasteiger partial charge is 0.459 e. The second kappa shape index (κ2) is 6.67. The minimum absolute atomic E-state index is 0.0515. The van der Waals surface area contributed by atoms with Crippen molar-refractivity contribution in [1.82, 2.24) is 10.2 Å². The van der Waals surface area contributed by atoms with Crippen molar-refractivity contribution in [3.63, 3.8) is 0 Å². The maximum Gasteiger partial charge on any atom is 0.284 e. The molecule has 0 spiro atoms. The molecule has 0 unspecified atom stereocenters. The molecule has 0 fully saturated rings. The number of aromatic nitrogens is 2. The average molecular weight is 350 g/mol. The monoisotopic (exact) mass is 350 g/mol. The van der Waals surface area contributed by atoms with Crippen molar-refractivity contribution in [3.05, 3.63) is 35.4 Å². The van der Waals surface area contributed by atoms with Crippen LogP contribution in [0.3, 0.4) is 0 Å². The molecule has 0 aliphatic rings. The van der Waals surface area contributed by atoms with Gasteiger partial charge in [-0.05, 0) is 23.6 Å². The summed E-state index contributed by atoms with van der Waals surface area (Å²) in [6, 6.07) is 4.96. The van der Waals surface area contributed by atoms with Gasteiger partial charge in [-0.3, -0.25) is 9.59 Å². The first-order chi connectivity index (χ1) is 11.1. The third-order valence-electron chi connectivity index (χ3n) is 2.65. The Morgan fingerprint density at radius 3 is 2.96 bits per heavy atom. The highest BCUT2D eigenvalue weighted by molar-refractivity contribution is 7.99. The number of anilines is 1. The Hall–Kier alpha value is -2.59. The van der Waals surface area contributed by atoms with Crippen molar-refractivity contribution in [1.29, 1.82) is 0 Å². The van der Waals surface area contributed by atoms with E-state index in [1.54, 1.807) is 23.6 Å². The molecule has 2 amide bonds. The second-order valence-electron chi connectivity index (χ2n) is 4.21. The van der Waals surface area contributed by atoms with E-state index in [0.717, 1.165) is 11.8 Å². The third-order valence-corrected chi connectivity index (χ3v) is 4.30. The van der Waals surface area contributed by atoms with Crippen LogP contribution in [0.25, 0.3) is 11.7 Å². The van der Waals surface area contributed by atoms with E-state index in [4.69, 9.17) is 14.6 Å². The molecule has 3 aromatic rings. The lowest BCUT2D eigenvalue weighted by molar-refractivity contribution is -0.113. The van der Waals surface area contributed by atoms with Crippen LogP contribution in [-0.2, 0) is 4.79 Å². The van der Waals surface area contributed by atoms with Crippen molar-refractivity contribution in [3.8, 4) is 11.7 Å². The molecule has 3 N–H and O–H groups in total. The summed E-state index contributed by atoms with van der Waals surface area (Å²) in [5.74, 6) is -0.145. The van der Waals surface area contributed by atoms with E-state index in [1.807, 2.05) is 0 Å². The second-order valence-corrected chi connectivity index (χ2v) is 6.06. The van der Waals surface area contributed by atoms with Gasteiger partial charge in [-0.15, -0.1) is 21.5 Å². The zero-order valence-electron chi connectivity index (χ0n) is 11.5. The van der Waals surface area contributed by atoms with Crippen molar-refractivity contribution in [2.75, 3.05) is 11.1 Å². The molecule has 0 radical (unpaired) electrons. The van der Waals surface area contributed by atoms with Crippen molar-refractivity contribution < 1.29 is 18.4 Å². The van der Waals surface area contributed by atoms with E-state index >= 15 is 0 Å². The van der Waals surface area contributed by atoms with Crippen molar-refractivity contribution >= 4 is 39.9 Å². The normalized spacial score (nSPS) is 10.6. The third kappa shape index (κ3) is 3.60. The van der Waals surface area contributed by atoms with Gasteiger partial charge in [0.15, 0.2) is 5.76 Å². The number of hydrogen-bond acceptors (Lipinski definition) is 8. The number of amides is 2. The molecular weight excluding hydrogens is 340 g/mol. The first kappa shape index (κ1) is 15.3. The van der Waals surface area contributed by atoms with Crippen molar-refractivity contribution in [2.24, 2.45) is 5.73 Å². The molecule has 3 aromatic heterocycles. The summed E-state index contributed by atoms with van der Waals surface area (Å²) < 4.78 is 10.5. The Morgan fingerprint density at radius 2 is 2.22 bits per heavy atom. The van der Waals surface area contributed by atoms with Gasteiger partial charge in [-0.2, -0.15) is 0 Å². The summed E-state index contributed by atoms with van der Waals surface area (Å²) in [5.41, 5.74) is 5.50. The summed E-state index contributed by atoms with van der Waals surface area (Å²) in [4.78, 5) is 23.1. The van der Waals surface area contributed by atoms with Crippen LogP contribution in [0.15, 0.2) is 43.9 Å². The van der Waals surface area contributed by atoms with Gasteiger partial charge in [0.1, 0.15) is 5.00 Å². The molecule has 3 heterocycles. The van der Waals surface area contributed by atoms with Crippen LogP contribution in [-0.4, -0.2) is 27.8 Å². The number of primary amides is 1. The Bertz CT molecular complexity index is 825. The quantitative estimate of drug-likeness (QED) is 0.653. The number of carbonyl (C=O) groups excluding carboxylic acids is 2. The van der Waals surface area contributed by atoms with E-state index in [-0.39, 0.29) is 28.3 Å². The number of rotatable bonds is 6. The van der Waals surface area contributed by atoms with Crippen LogP contribution < -0.4 is 11.1 Å². The lowest BCUT2D eigenvalue weighted by Crippen LogP contribution is -2.17. The van der Waals surface area contributed by atoms with Gasteiger partial charge in [-0.1, -0.05) is 11.8 Å². The molecule has 118 valence electrons. The zero-order chi connectivity index (χ0) is 16.2. The average Bonchev–Trinajstić information content (AvgIpc) is 3.25. The van der Waals surface area contributed by atoms with Crippen LogP contribution in [0.4, 0.5) is 5.00 Å². The minimum Gasteiger partial charge on any atom is -0.459 e. The molecule has 10 heteroatoms. The number of carbonyl (C=O) groups is 2. The maximum absolute atomic E-state index is 11.9. The highest BCUT2D eigenvalue weighted by Gasteiger charge is 2.15. The highest BCUT2D eigenvalue weighted by atomic mass is 32.2. The fourth-order valence-electron chi connectivity index (χ4n) is 1.66. The lowest BCUT2D eigenvalue weighted by Gasteiger charge is -2.02. The molecule has 0 aliphatic heterocycles. The van der Waals surface area contributed by atoms with Crippen LogP contribution in [0, 0.1) is 0 Å². The van der Waals surface area contributed by atoms with Crippen LogP contribution in [0.1, 0.15) is 10.4 Å². The van der Waals surface area contributed by atoms with Gasteiger partial charge < -0.3 is 19.9 Å². The van der Waals surface area contributed by atoms with E-state index in [2.05, 4.69) is 15.5 Å². The standard InChI is InChI=1S/C13H10N4O4S2/c14-10(19)7-3-5-22-12(7)15-9(18)6-23-13-17-16-11(21-13)8-2-1-4-20-8/h1-5H,6H2,(H2,14,19)(H,15,18). The molecule has 0 saturated carbocycles. The van der Waals surface area contributed by atoms with Crippen LogP contribution >= 0.6 is 23.1 Å². The molecule has 0 bridgehead atoms. The Kier molecular flexibility index (Phi) is 4.44.